The van der Waals surface area contributed by atoms with Crippen LogP contribution in [0.3, 0.4) is 0 Å². The lowest BCUT2D eigenvalue weighted by atomic mass is 10.1. The number of hydrogen-bond acceptors (Lipinski definition) is 4. The molecular weight excluding hydrogens is 224 g/mol. The molecule has 0 bridgehead atoms. The molecule has 1 rings (SSSR count). The Kier molecular flexibility index (Phi) is 4.38. The number of rotatable bonds is 4. The normalized spacial score (nSPS) is 8.76. The van der Waals surface area contributed by atoms with Gasteiger partial charge in [-0.3, -0.25) is 0 Å². The molecule has 86 valence electrons. The molecule has 0 unspecified atom stereocenters. The first-order valence-electron chi connectivity index (χ1n) is 4.49. The molecule has 0 saturated heterocycles. The van der Waals surface area contributed by atoms with Crippen molar-refractivity contribution in [3.05, 3.63) is 50.2 Å². The van der Waals surface area contributed by atoms with E-state index in [0.29, 0.717) is 5.56 Å². The number of nitrogens with zero attached hydrogens (tertiary/aromatic N) is 6. The minimum atomic E-state index is -0.554. The molecule has 8 nitrogen and oxygen atoms in total. The predicted octanol–water partition coefficient (Wildman–Crippen LogP) is 3.23. The maximum atomic E-state index is 11.3. The van der Waals surface area contributed by atoms with Crippen molar-refractivity contribution in [3.63, 3.8) is 0 Å². The van der Waals surface area contributed by atoms with Gasteiger partial charge in [0.15, 0.2) is 0 Å². The second-order valence-corrected chi connectivity index (χ2v) is 2.96. The van der Waals surface area contributed by atoms with Gasteiger partial charge in [0.05, 0.1) is 19.2 Å². The van der Waals surface area contributed by atoms with Gasteiger partial charge in [0.25, 0.3) is 0 Å². The van der Waals surface area contributed by atoms with Crippen LogP contribution in [0.2, 0.25) is 0 Å². The largest absolute Gasteiger partial charge is 0.465 e. The minimum Gasteiger partial charge on any atom is -0.465 e. The average Bonchev–Trinajstić information content (AvgIpc) is 2.35. The highest BCUT2D eigenvalue weighted by atomic mass is 16.5. The molecule has 1 aromatic carbocycles. The number of carbonyl (C=O) groups is 1. The second-order valence-electron chi connectivity index (χ2n) is 2.96. The number of ether oxygens (including phenoxy) is 1. The number of hydrogen-bond donors (Lipinski definition) is 0. The number of carbonyl (C=O) groups excluding carboxylic acids is 1. The lowest BCUT2D eigenvalue weighted by Crippen LogP contribution is -2.01. The van der Waals surface area contributed by atoms with Gasteiger partial charge < -0.3 is 4.74 Å². The summed E-state index contributed by atoms with van der Waals surface area (Å²) < 4.78 is 4.55. The van der Waals surface area contributed by atoms with E-state index < -0.39 is 5.97 Å². The molecule has 0 radical (unpaired) electrons. The van der Waals surface area contributed by atoms with Crippen LogP contribution in [0, 0.1) is 0 Å². The van der Waals surface area contributed by atoms with Gasteiger partial charge in [0.1, 0.15) is 0 Å². The number of methoxy groups -OCH3 is 1. The molecule has 0 aromatic heterocycles. The monoisotopic (exact) mass is 232 g/mol. The molecule has 0 heterocycles. The summed E-state index contributed by atoms with van der Waals surface area (Å²) in [5.41, 5.74) is 17.6. The molecule has 0 saturated carbocycles. The molecule has 0 fully saturated rings. The van der Waals surface area contributed by atoms with E-state index in [-0.39, 0.29) is 17.8 Å². The van der Waals surface area contributed by atoms with Crippen molar-refractivity contribution in [2.75, 3.05) is 7.11 Å². The Hall–Kier alpha value is -2.69. The third kappa shape index (κ3) is 3.42. The molecule has 0 spiro atoms. The van der Waals surface area contributed by atoms with Gasteiger partial charge in [0.2, 0.25) is 0 Å². The molecule has 0 aliphatic carbocycles. The van der Waals surface area contributed by atoms with Crippen LogP contribution in [0.1, 0.15) is 15.9 Å². The molecule has 0 amide bonds. The van der Waals surface area contributed by atoms with Crippen LogP contribution >= 0.6 is 0 Å². The van der Waals surface area contributed by atoms with E-state index in [4.69, 9.17) is 11.1 Å². The fourth-order valence-corrected chi connectivity index (χ4v) is 1.22. The lowest BCUT2D eigenvalue weighted by Gasteiger charge is -2.03. The topological polar surface area (TPSA) is 124 Å². The molecule has 17 heavy (non-hydrogen) atoms. The summed E-state index contributed by atoms with van der Waals surface area (Å²) in [6.07, 6.45) is 0. The van der Waals surface area contributed by atoms with E-state index >= 15 is 0 Å². The zero-order valence-corrected chi connectivity index (χ0v) is 8.94. The molecule has 0 N–H and O–H groups in total. The summed E-state index contributed by atoms with van der Waals surface area (Å²) in [5, 5.41) is 6.75. The molecule has 0 aliphatic heterocycles. The van der Waals surface area contributed by atoms with Crippen LogP contribution in [0.5, 0.6) is 0 Å². The maximum Gasteiger partial charge on any atom is 0.337 e. The van der Waals surface area contributed by atoms with Gasteiger partial charge in [-0.05, 0) is 34.8 Å². The summed E-state index contributed by atoms with van der Waals surface area (Å²) in [6, 6.07) is 4.43. The van der Waals surface area contributed by atoms with E-state index in [1.54, 1.807) is 0 Å². The Morgan fingerprint density at radius 1 is 1.35 bits per heavy atom. The van der Waals surface area contributed by atoms with Gasteiger partial charge in [-0.1, -0.05) is 10.2 Å². The van der Waals surface area contributed by atoms with Crippen LogP contribution < -0.4 is 0 Å². The van der Waals surface area contributed by atoms with Crippen LogP contribution in [0.25, 0.3) is 20.9 Å². The van der Waals surface area contributed by atoms with E-state index in [1.165, 1.54) is 25.3 Å². The third-order valence-electron chi connectivity index (χ3n) is 1.88. The van der Waals surface area contributed by atoms with Crippen LogP contribution in [0.15, 0.2) is 28.4 Å². The predicted molar refractivity (Wildman–Crippen MR) is 59.4 cm³/mol. The Balaban J connectivity index is 3.21. The van der Waals surface area contributed by atoms with Gasteiger partial charge in [0, 0.05) is 15.5 Å². The summed E-state index contributed by atoms with van der Waals surface area (Å²) in [6.45, 7) is 0.0648. The summed E-state index contributed by atoms with van der Waals surface area (Å²) in [7, 11) is 1.25. The van der Waals surface area contributed by atoms with Crippen molar-refractivity contribution in [1.29, 1.82) is 0 Å². The Morgan fingerprint density at radius 3 is 2.71 bits per heavy atom. The highest BCUT2D eigenvalue weighted by molar-refractivity contribution is 5.90. The lowest BCUT2D eigenvalue weighted by molar-refractivity contribution is 0.0600. The van der Waals surface area contributed by atoms with E-state index in [9.17, 15) is 4.79 Å². The van der Waals surface area contributed by atoms with Crippen LogP contribution in [-0.4, -0.2) is 13.1 Å². The van der Waals surface area contributed by atoms with E-state index in [1.807, 2.05) is 0 Å². The van der Waals surface area contributed by atoms with Gasteiger partial charge >= 0.3 is 5.97 Å². The Morgan fingerprint density at radius 2 is 2.12 bits per heavy atom. The Bertz CT molecular complexity index is 528. The van der Waals surface area contributed by atoms with Gasteiger partial charge in [-0.15, -0.1) is 0 Å². The van der Waals surface area contributed by atoms with Crippen molar-refractivity contribution in [3.8, 4) is 0 Å². The average molecular weight is 232 g/mol. The number of azide groups is 2. The highest BCUT2D eigenvalue weighted by Crippen LogP contribution is 2.19. The van der Waals surface area contributed by atoms with Crippen molar-refractivity contribution in [1.82, 2.24) is 0 Å². The summed E-state index contributed by atoms with van der Waals surface area (Å²) >= 11 is 0. The zero-order valence-electron chi connectivity index (χ0n) is 8.94. The molecule has 8 heteroatoms. The minimum absolute atomic E-state index is 0.0648. The number of benzene rings is 1. The third-order valence-corrected chi connectivity index (χ3v) is 1.88. The fourth-order valence-electron chi connectivity index (χ4n) is 1.22. The van der Waals surface area contributed by atoms with Gasteiger partial charge in [-0.2, -0.15) is 0 Å². The quantitative estimate of drug-likeness (QED) is 0.342. The molecule has 0 atom stereocenters. The molecular formula is C9H8N6O2. The van der Waals surface area contributed by atoms with Gasteiger partial charge in [-0.25, -0.2) is 4.79 Å². The van der Waals surface area contributed by atoms with Crippen molar-refractivity contribution in [2.45, 2.75) is 6.54 Å². The summed E-state index contributed by atoms with van der Waals surface area (Å²) in [4.78, 5) is 16.6. The second kappa shape index (κ2) is 6.02. The van der Waals surface area contributed by atoms with Crippen molar-refractivity contribution < 1.29 is 9.53 Å². The zero-order chi connectivity index (χ0) is 12.7. The maximum absolute atomic E-state index is 11.3. The first-order chi connectivity index (χ1) is 8.21. The van der Waals surface area contributed by atoms with Crippen LogP contribution in [-0.2, 0) is 11.3 Å². The fraction of sp³-hybridized carbons (Fsp3) is 0.222. The summed E-state index contributed by atoms with van der Waals surface area (Å²) in [5.74, 6) is -0.554. The SMILES string of the molecule is COC(=O)c1cc(CN=[N+]=[N-])cc(N=[N+]=[N-])c1. The standard InChI is InChI=1S/C9H8N6O2/c1-17-9(16)7-2-6(5-12-14-10)3-8(4-7)13-15-11/h2-4H,5H2,1H3. The van der Waals surface area contributed by atoms with Crippen molar-refractivity contribution >= 4 is 11.7 Å². The first kappa shape index (κ1) is 12.4. The molecule has 0 aliphatic rings. The van der Waals surface area contributed by atoms with Crippen LogP contribution in [0.4, 0.5) is 5.69 Å². The molecule has 1 aromatic rings. The Labute approximate surface area is 96.1 Å². The number of esters is 1. The van der Waals surface area contributed by atoms with E-state index in [2.05, 4.69) is 24.8 Å². The first-order valence-corrected chi connectivity index (χ1v) is 4.49. The smallest absolute Gasteiger partial charge is 0.337 e. The van der Waals surface area contributed by atoms with E-state index in [0.717, 1.165) is 0 Å². The van der Waals surface area contributed by atoms with Crippen molar-refractivity contribution in [2.24, 2.45) is 10.2 Å². The highest BCUT2D eigenvalue weighted by Gasteiger charge is 2.07.